The maximum atomic E-state index is 5.18. The minimum Gasteiger partial charge on any atom is -0.305 e. The van der Waals surface area contributed by atoms with Crippen LogP contribution in [0.25, 0.3) is 53.6 Å². The average molecular weight is 713 g/mol. The van der Waals surface area contributed by atoms with Crippen molar-refractivity contribution in [2.24, 2.45) is 0 Å². The normalized spacial score (nSPS) is 10.8. The summed E-state index contributed by atoms with van der Waals surface area (Å²) in [7, 11) is 0. The van der Waals surface area contributed by atoms with Crippen molar-refractivity contribution in [1.29, 1.82) is 0 Å². The third kappa shape index (κ3) is 5.48. The molecule has 0 spiro atoms. The van der Waals surface area contributed by atoms with Crippen LogP contribution in [-0.4, -0.2) is 9.97 Å². The molecule has 3 aromatic heterocycles. The van der Waals surface area contributed by atoms with E-state index in [2.05, 4.69) is 93.3 Å². The fraction of sp³-hybridized carbons (Fsp3) is 0.111. The average Bonchev–Trinajstić information content (AvgIpc) is 3.32. The summed E-state index contributed by atoms with van der Waals surface area (Å²) in [6.45, 7) is 8.59. The molecule has 0 N–H and O–H groups in total. The summed E-state index contributed by atoms with van der Waals surface area (Å²) in [4.78, 5) is 9.39. The van der Waals surface area contributed by atoms with Crippen molar-refractivity contribution in [2.45, 2.75) is 27.7 Å². The first-order chi connectivity index (χ1) is 19.0. The van der Waals surface area contributed by atoms with Crippen molar-refractivity contribution in [2.75, 3.05) is 0 Å². The summed E-state index contributed by atoms with van der Waals surface area (Å²) in [5, 5.41) is 3.83. The second kappa shape index (κ2) is 11.8. The number of thiophene rings is 1. The second-order valence-corrected chi connectivity index (χ2v) is 11.0. The summed E-state index contributed by atoms with van der Waals surface area (Å²) in [5.41, 5.74) is 10.2. The largest absolute Gasteiger partial charge is 0.305 e. The van der Waals surface area contributed by atoms with E-state index in [1.807, 2.05) is 53.8 Å². The molecule has 0 saturated heterocycles. The molecule has 0 bridgehead atoms. The Kier molecular flexibility index (Phi) is 8.23. The Balaban J connectivity index is 0.000000209. The fourth-order valence-electron chi connectivity index (χ4n) is 5.25. The predicted molar refractivity (Wildman–Crippen MR) is 166 cm³/mol. The summed E-state index contributed by atoms with van der Waals surface area (Å²) in [6.07, 6.45) is 1.79. The van der Waals surface area contributed by atoms with E-state index in [4.69, 9.17) is 4.98 Å². The Morgan fingerprint density at radius 2 is 1.50 bits per heavy atom. The zero-order chi connectivity index (χ0) is 26.9. The molecule has 0 aliphatic heterocycles. The van der Waals surface area contributed by atoms with E-state index < -0.39 is 0 Å². The molecule has 0 amide bonds. The first kappa shape index (κ1) is 27.9. The molecule has 4 heteroatoms. The zero-order valence-corrected chi connectivity index (χ0v) is 26.1. The molecule has 2 nitrogen and oxygen atoms in total. The van der Waals surface area contributed by atoms with Gasteiger partial charge in [0.25, 0.3) is 0 Å². The molecular formula is C36H28IrN2S-2. The monoisotopic (exact) mass is 713 g/mol. The van der Waals surface area contributed by atoms with Crippen molar-refractivity contribution in [3.63, 3.8) is 0 Å². The summed E-state index contributed by atoms with van der Waals surface area (Å²) < 4.78 is 2.65. The molecular weight excluding hydrogens is 685 g/mol. The maximum absolute atomic E-state index is 5.18. The Labute approximate surface area is 253 Å². The van der Waals surface area contributed by atoms with E-state index >= 15 is 0 Å². The summed E-state index contributed by atoms with van der Waals surface area (Å²) in [5.74, 6) is 0. The number of hydrogen-bond acceptors (Lipinski definition) is 3. The van der Waals surface area contributed by atoms with Gasteiger partial charge in [0.05, 0.1) is 5.52 Å². The molecule has 0 aliphatic carbocycles. The van der Waals surface area contributed by atoms with E-state index in [0.29, 0.717) is 0 Å². The minimum absolute atomic E-state index is 0. The van der Waals surface area contributed by atoms with E-state index in [1.165, 1.54) is 42.2 Å². The van der Waals surface area contributed by atoms with Crippen LogP contribution in [0.3, 0.4) is 0 Å². The molecule has 40 heavy (non-hydrogen) atoms. The smallest absolute Gasteiger partial charge is 0.0615 e. The van der Waals surface area contributed by atoms with Crippen LogP contribution in [-0.2, 0) is 20.1 Å². The third-order valence-corrected chi connectivity index (χ3v) is 7.99. The van der Waals surface area contributed by atoms with Crippen LogP contribution in [0, 0.1) is 39.8 Å². The van der Waals surface area contributed by atoms with Gasteiger partial charge in [0, 0.05) is 41.1 Å². The topological polar surface area (TPSA) is 25.8 Å². The Bertz CT molecular complexity index is 1890. The van der Waals surface area contributed by atoms with E-state index in [1.54, 1.807) is 6.20 Å². The SMILES string of the molecule is Cc1[c-]c(-c2nc3cc(C)cc(C)c3c3sc4ccccc4c23)cc(C)c1.[Ir].[c-]1ccccc1-c1ccccn1. The number of nitrogens with zero attached hydrogens (tertiary/aromatic N) is 2. The standard InChI is InChI=1S/C25H20NS.C11H8N.Ir/c1-14-9-15(2)12-18(11-14)24-23-19-7-5-6-8-21(19)27-25(23)22-17(4)10-16(3)13-20(22)26-24;1-2-6-10(7-3-1)11-8-4-5-9-12-11;/h5-11,13H,1-4H3;1-6,8-9H;/q2*-1;. The van der Waals surface area contributed by atoms with Crippen molar-refractivity contribution in [3.05, 3.63) is 132 Å². The van der Waals surface area contributed by atoms with Gasteiger partial charge in [-0.1, -0.05) is 50.2 Å². The van der Waals surface area contributed by atoms with Gasteiger partial charge >= 0.3 is 0 Å². The zero-order valence-electron chi connectivity index (χ0n) is 22.9. The molecule has 1 radical (unpaired) electrons. The number of pyridine rings is 2. The van der Waals surface area contributed by atoms with Gasteiger partial charge in [-0.15, -0.1) is 82.1 Å². The van der Waals surface area contributed by atoms with E-state index in [-0.39, 0.29) is 20.1 Å². The van der Waals surface area contributed by atoms with Crippen molar-refractivity contribution in [3.8, 4) is 22.5 Å². The Hall–Kier alpha value is -3.69. The van der Waals surface area contributed by atoms with Crippen LogP contribution >= 0.6 is 11.3 Å². The molecule has 7 aromatic rings. The van der Waals surface area contributed by atoms with Gasteiger partial charge < -0.3 is 4.98 Å². The number of benzene rings is 4. The van der Waals surface area contributed by atoms with Gasteiger partial charge in [-0.05, 0) is 65.3 Å². The van der Waals surface area contributed by atoms with Crippen molar-refractivity contribution >= 4 is 42.4 Å². The van der Waals surface area contributed by atoms with Crippen LogP contribution in [0.4, 0.5) is 0 Å². The quantitative estimate of drug-likeness (QED) is 0.167. The Morgan fingerprint density at radius 1 is 0.725 bits per heavy atom. The van der Waals surface area contributed by atoms with Gasteiger partial charge in [-0.3, -0.25) is 4.98 Å². The van der Waals surface area contributed by atoms with E-state index in [0.717, 1.165) is 33.6 Å². The van der Waals surface area contributed by atoms with Crippen LogP contribution in [0.15, 0.2) is 97.2 Å². The number of aromatic nitrogens is 2. The summed E-state index contributed by atoms with van der Waals surface area (Å²) >= 11 is 1.87. The predicted octanol–water partition coefficient (Wildman–Crippen LogP) is 9.85. The van der Waals surface area contributed by atoms with Gasteiger partial charge in [-0.25, -0.2) is 0 Å². The van der Waals surface area contributed by atoms with Gasteiger partial charge in [0.1, 0.15) is 0 Å². The molecule has 7 rings (SSSR count). The second-order valence-electron chi connectivity index (χ2n) is 9.98. The van der Waals surface area contributed by atoms with Gasteiger partial charge in [0.2, 0.25) is 0 Å². The molecule has 0 atom stereocenters. The van der Waals surface area contributed by atoms with Crippen LogP contribution in [0.5, 0.6) is 0 Å². The maximum Gasteiger partial charge on any atom is 0.0615 e. The molecule has 3 heterocycles. The first-order valence-electron chi connectivity index (χ1n) is 13.1. The molecule has 4 aromatic carbocycles. The summed E-state index contributed by atoms with van der Waals surface area (Å²) in [6, 6.07) is 37.9. The Morgan fingerprint density at radius 3 is 2.25 bits per heavy atom. The molecule has 0 unspecified atom stereocenters. The van der Waals surface area contributed by atoms with Crippen molar-refractivity contribution < 1.29 is 20.1 Å². The number of aryl methyl sites for hydroxylation is 4. The van der Waals surface area contributed by atoms with Crippen LogP contribution in [0.2, 0.25) is 0 Å². The van der Waals surface area contributed by atoms with Crippen LogP contribution in [0.1, 0.15) is 22.3 Å². The van der Waals surface area contributed by atoms with Gasteiger partial charge in [0.15, 0.2) is 0 Å². The molecule has 0 aliphatic rings. The van der Waals surface area contributed by atoms with Gasteiger partial charge in [-0.2, -0.15) is 0 Å². The van der Waals surface area contributed by atoms with Crippen LogP contribution < -0.4 is 0 Å². The minimum atomic E-state index is 0. The fourth-order valence-corrected chi connectivity index (χ4v) is 6.58. The molecule has 0 fully saturated rings. The van der Waals surface area contributed by atoms with Crippen molar-refractivity contribution in [1.82, 2.24) is 9.97 Å². The third-order valence-electron chi connectivity index (χ3n) is 6.80. The van der Waals surface area contributed by atoms with E-state index in [9.17, 15) is 0 Å². The first-order valence-corrected chi connectivity index (χ1v) is 13.9. The molecule has 199 valence electrons. The number of rotatable bonds is 2. The molecule has 0 saturated carbocycles. The number of hydrogen-bond donors (Lipinski definition) is 0. The number of fused-ring (bicyclic) bond motifs is 5.